The van der Waals surface area contributed by atoms with Crippen molar-refractivity contribution in [3.05, 3.63) is 82.2 Å². The van der Waals surface area contributed by atoms with Gasteiger partial charge < -0.3 is 9.32 Å². The highest BCUT2D eigenvalue weighted by molar-refractivity contribution is 5.96. The summed E-state index contributed by atoms with van der Waals surface area (Å²) >= 11 is 0. The van der Waals surface area contributed by atoms with Crippen LogP contribution in [0.2, 0.25) is 0 Å². The summed E-state index contributed by atoms with van der Waals surface area (Å²) in [6.45, 7) is 6.29. The third-order valence-corrected chi connectivity index (χ3v) is 4.15. The van der Waals surface area contributed by atoms with Gasteiger partial charge >= 0.3 is 0 Å². The van der Waals surface area contributed by atoms with Crippen molar-refractivity contribution in [1.29, 1.82) is 0 Å². The Morgan fingerprint density at radius 3 is 2.32 bits per heavy atom. The predicted octanol–water partition coefficient (Wildman–Crippen LogP) is 4.23. The molecule has 0 saturated heterocycles. The normalized spacial score (nSPS) is 11.5. The first kappa shape index (κ1) is 17.0. The van der Waals surface area contributed by atoms with E-state index >= 15 is 0 Å². The number of carbonyl (C=O) groups is 1. The summed E-state index contributed by atoms with van der Waals surface area (Å²) in [5.74, 6) is -0.323. The van der Waals surface area contributed by atoms with Crippen LogP contribution in [0.1, 0.15) is 36.7 Å². The zero-order valence-corrected chi connectivity index (χ0v) is 14.7. The number of rotatable bonds is 3. The Balaban J connectivity index is 2.04. The van der Waals surface area contributed by atoms with Gasteiger partial charge in [-0.2, -0.15) is 0 Å². The smallest absolute Gasteiger partial charge is 0.261 e. The van der Waals surface area contributed by atoms with Crippen LogP contribution in [0, 0.1) is 0 Å². The first-order chi connectivity index (χ1) is 11.9. The lowest BCUT2D eigenvalue weighted by molar-refractivity contribution is 0.0555. The van der Waals surface area contributed by atoms with Crippen LogP contribution >= 0.6 is 0 Å². The number of nitrogens with zero attached hydrogens (tertiary/aromatic N) is 1. The Hall–Kier alpha value is -2.88. The molecule has 0 N–H and O–H groups in total. The lowest BCUT2D eigenvalue weighted by atomic mass is 10.0. The zero-order valence-electron chi connectivity index (χ0n) is 14.7. The molecule has 0 aliphatic rings. The third-order valence-electron chi connectivity index (χ3n) is 4.15. The summed E-state index contributed by atoms with van der Waals surface area (Å²) in [7, 11) is 0. The van der Waals surface area contributed by atoms with Crippen LogP contribution in [0.5, 0.6) is 0 Å². The lowest BCUT2D eigenvalue weighted by Crippen LogP contribution is -2.46. The molecule has 0 unspecified atom stereocenters. The Kier molecular flexibility index (Phi) is 4.45. The topological polar surface area (TPSA) is 50.5 Å². The molecule has 1 aromatic heterocycles. The van der Waals surface area contributed by atoms with Gasteiger partial charge in [0.25, 0.3) is 5.91 Å². The van der Waals surface area contributed by atoms with Gasteiger partial charge in [0, 0.05) is 12.1 Å². The van der Waals surface area contributed by atoms with Crippen molar-refractivity contribution in [1.82, 2.24) is 4.90 Å². The van der Waals surface area contributed by atoms with Gasteiger partial charge in [0.1, 0.15) is 17.4 Å². The molecule has 1 heterocycles. The van der Waals surface area contributed by atoms with E-state index in [2.05, 4.69) is 0 Å². The van der Waals surface area contributed by atoms with Crippen LogP contribution in [-0.4, -0.2) is 16.3 Å². The number of carbonyl (C=O) groups excluding carboxylic acids is 1. The third kappa shape index (κ3) is 3.48. The van der Waals surface area contributed by atoms with E-state index in [0.717, 1.165) is 5.56 Å². The van der Waals surface area contributed by atoms with Crippen molar-refractivity contribution in [2.75, 3.05) is 0 Å². The van der Waals surface area contributed by atoms with E-state index in [4.69, 9.17) is 4.42 Å². The molecule has 3 aromatic rings. The van der Waals surface area contributed by atoms with Gasteiger partial charge in [0.2, 0.25) is 5.43 Å². The summed E-state index contributed by atoms with van der Waals surface area (Å²) in [6.07, 6.45) is 1.27. The highest BCUT2D eigenvalue weighted by Gasteiger charge is 2.29. The summed E-state index contributed by atoms with van der Waals surface area (Å²) in [6, 6.07) is 16.7. The predicted molar refractivity (Wildman–Crippen MR) is 98.6 cm³/mol. The molecule has 0 aliphatic carbocycles. The molecular formula is C21H21NO3. The molecule has 25 heavy (non-hydrogen) atoms. The van der Waals surface area contributed by atoms with Crippen molar-refractivity contribution in [2.24, 2.45) is 0 Å². The molecular weight excluding hydrogens is 314 g/mol. The highest BCUT2D eigenvalue weighted by Crippen LogP contribution is 2.21. The van der Waals surface area contributed by atoms with E-state index in [1.807, 2.05) is 51.1 Å². The van der Waals surface area contributed by atoms with E-state index < -0.39 is 5.54 Å². The van der Waals surface area contributed by atoms with Gasteiger partial charge in [-0.15, -0.1) is 0 Å². The molecule has 0 bridgehead atoms. The molecule has 128 valence electrons. The molecule has 0 radical (unpaired) electrons. The van der Waals surface area contributed by atoms with Crippen LogP contribution < -0.4 is 5.43 Å². The van der Waals surface area contributed by atoms with Crippen LogP contribution in [0.25, 0.3) is 11.0 Å². The number of para-hydroxylation sites is 1. The van der Waals surface area contributed by atoms with E-state index in [1.54, 1.807) is 29.2 Å². The number of amides is 1. The van der Waals surface area contributed by atoms with Gasteiger partial charge in [-0.1, -0.05) is 42.5 Å². The van der Waals surface area contributed by atoms with Crippen molar-refractivity contribution in [3.63, 3.8) is 0 Å². The maximum Gasteiger partial charge on any atom is 0.261 e. The standard InChI is InChI=1S/C21H21NO3/c1-21(2,3)22(13-15-9-5-4-6-10-15)20(24)17-14-25-18-12-8-7-11-16(18)19(17)23/h4-12,14H,13H2,1-3H3. The molecule has 0 saturated carbocycles. The van der Waals surface area contributed by atoms with Gasteiger partial charge in [0.05, 0.1) is 5.39 Å². The van der Waals surface area contributed by atoms with Crippen LogP contribution in [0.4, 0.5) is 0 Å². The van der Waals surface area contributed by atoms with Gasteiger partial charge in [-0.25, -0.2) is 0 Å². The fraction of sp³-hybridized carbons (Fsp3) is 0.238. The maximum atomic E-state index is 13.1. The number of hydrogen-bond donors (Lipinski definition) is 0. The average Bonchev–Trinajstić information content (AvgIpc) is 2.60. The van der Waals surface area contributed by atoms with E-state index in [1.165, 1.54) is 6.26 Å². The minimum absolute atomic E-state index is 0.0598. The van der Waals surface area contributed by atoms with E-state index in [-0.39, 0.29) is 16.9 Å². The molecule has 0 atom stereocenters. The van der Waals surface area contributed by atoms with Crippen molar-refractivity contribution < 1.29 is 9.21 Å². The van der Waals surface area contributed by atoms with Gasteiger partial charge in [-0.05, 0) is 38.5 Å². The van der Waals surface area contributed by atoms with Crippen LogP contribution in [-0.2, 0) is 6.54 Å². The molecule has 4 heteroatoms. The Morgan fingerprint density at radius 1 is 1.00 bits per heavy atom. The molecule has 0 aliphatic heterocycles. The van der Waals surface area contributed by atoms with Crippen molar-refractivity contribution in [2.45, 2.75) is 32.9 Å². The van der Waals surface area contributed by atoms with Gasteiger partial charge in [0.15, 0.2) is 0 Å². The summed E-state index contributed by atoms with van der Waals surface area (Å²) in [5.41, 5.74) is 0.814. The lowest BCUT2D eigenvalue weighted by Gasteiger charge is -2.35. The first-order valence-electron chi connectivity index (χ1n) is 8.24. The van der Waals surface area contributed by atoms with Crippen LogP contribution in [0.3, 0.4) is 0 Å². The molecule has 4 nitrogen and oxygen atoms in total. The summed E-state index contributed by atoms with van der Waals surface area (Å²) in [4.78, 5) is 27.6. The van der Waals surface area contributed by atoms with E-state index in [9.17, 15) is 9.59 Å². The quantitative estimate of drug-likeness (QED) is 0.719. The molecule has 3 rings (SSSR count). The first-order valence-corrected chi connectivity index (χ1v) is 8.24. The second-order valence-electron chi connectivity index (χ2n) is 7.02. The Morgan fingerprint density at radius 2 is 1.64 bits per heavy atom. The number of hydrogen-bond acceptors (Lipinski definition) is 3. The monoisotopic (exact) mass is 335 g/mol. The minimum atomic E-state index is -0.439. The number of fused-ring (bicyclic) bond motifs is 1. The molecule has 0 fully saturated rings. The second-order valence-corrected chi connectivity index (χ2v) is 7.02. The van der Waals surface area contributed by atoms with Crippen molar-refractivity contribution >= 4 is 16.9 Å². The summed E-state index contributed by atoms with van der Waals surface area (Å²) < 4.78 is 5.51. The van der Waals surface area contributed by atoms with Gasteiger partial charge in [-0.3, -0.25) is 9.59 Å². The fourth-order valence-electron chi connectivity index (χ4n) is 2.75. The SMILES string of the molecule is CC(C)(C)N(Cc1ccccc1)C(=O)c1coc2ccccc2c1=O. The largest absolute Gasteiger partial charge is 0.463 e. The summed E-state index contributed by atoms with van der Waals surface area (Å²) in [5, 5.41) is 0.418. The second kappa shape index (κ2) is 6.55. The minimum Gasteiger partial charge on any atom is -0.463 e. The highest BCUT2D eigenvalue weighted by atomic mass is 16.3. The Bertz CT molecular complexity index is 952. The molecule has 1 amide bonds. The zero-order chi connectivity index (χ0) is 18.0. The van der Waals surface area contributed by atoms with Crippen molar-refractivity contribution in [3.8, 4) is 0 Å². The Labute approximate surface area is 146 Å². The molecule has 2 aromatic carbocycles. The van der Waals surface area contributed by atoms with Crippen LogP contribution in [0.15, 0.2) is 70.1 Å². The average molecular weight is 335 g/mol. The van der Waals surface area contributed by atoms with E-state index in [0.29, 0.717) is 17.5 Å². The number of benzene rings is 2. The maximum absolute atomic E-state index is 13.1. The molecule has 0 spiro atoms. The fourth-order valence-corrected chi connectivity index (χ4v) is 2.75.